The van der Waals surface area contributed by atoms with E-state index in [0.29, 0.717) is 5.92 Å². The van der Waals surface area contributed by atoms with Crippen molar-refractivity contribution in [2.45, 2.75) is 51.8 Å². The van der Waals surface area contributed by atoms with Crippen LogP contribution < -0.4 is 4.72 Å². The van der Waals surface area contributed by atoms with Crippen molar-refractivity contribution in [1.82, 2.24) is 4.72 Å². The molecule has 0 radical (unpaired) electrons. The van der Waals surface area contributed by atoms with Gasteiger partial charge in [-0.3, -0.25) is 0 Å². The van der Waals surface area contributed by atoms with Gasteiger partial charge in [0.1, 0.15) is 0 Å². The van der Waals surface area contributed by atoms with E-state index >= 15 is 0 Å². The Morgan fingerprint density at radius 3 is 2.20 bits per heavy atom. The van der Waals surface area contributed by atoms with Gasteiger partial charge in [0.2, 0.25) is 10.0 Å². The van der Waals surface area contributed by atoms with Crippen LogP contribution in [0, 0.1) is 5.92 Å². The van der Waals surface area contributed by atoms with E-state index in [1.165, 1.54) is 6.92 Å². The van der Waals surface area contributed by atoms with E-state index < -0.39 is 15.3 Å². The van der Waals surface area contributed by atoms with Gasteiger partial charge < -0.3 is 5.11 Å². The van der Waals surface area contributed by atoms with Gasteiger partial charge in [-0.2, -0.15) is 0 Å². The molecule has 4 nitrogen and oxygen atoms in total. The Kier molecular flexibility index (Phi) is 6.40. The average molecular weight is 237 g/mol. The molecule has 0 heterocycles. The largest absolute Gasteiger partial charge is 0.395 e. The van der Waals surface area contributed by atoms with Crippen LogP contribution in [0.1, 0.15) is 40.5 Å². The third-order valence-electron chi connectivity index (χ3n) is 2.61. The molecule has 0 amide bonds. The zero-order chi connectivity index (χ0) is 12.1. The number of aliphatic hydroxyl groups excluding tert-OH is 1. The summed E-state index contributed by atoms with van der Waals surface area (Å²) in [6, 6.07) is -0.0704. The summed E-state index contributed by atoms with van der Waals surface area (Å²) in [7, 11) is -3.36. The minimum atomic E-state index is -3.36. The first-order valence-electron chi connectivity index (χ1n) is 5.45. The molecule has 0 aromatic heterocycles. The zero-order valence-corrected chi connectivity index (χ0v) is 10.8. The Balaban J connectivity index is 4.22. The van der Waals surface area contributed by atoms with E-state index in [0.717, 1.165) is 12.8 Å². The Morgan fingerprint density at radius 1 is 1.27 bits per heavy atom. The fourth-order valence-electron chi connectivity index (χ4n) is 1.31. The van der Waals surface area contributed by atoms with Crippen molar-refractivity contribution >= 4 is 10.0 Å². The lowest BCUT2D eigenvalue weighted by atomic mass is 10.0. The lowest BCUT2D eigenvalue weighted by Gasteiger charge is -2.19. The van der Waals surface area contributed by atoms with Gasteiger partial charge in [-0.05, 0) is 26.2 Å². The van der Waals surface area contributed by atoms with E-state index in [1.807, 2.05) is 6.92 Å². The number of nitrogens with one attached hydrogen (secondary N) is 1. The zero-order valence-electron chi connectivity index (χ0n) is 10.0. The highest BCUT2D eigenvalue weighted by Gasteiger charge is 2.22. The molecule has 2 N–H and O–H groups in total. The second-order valence-corrected chi connectivity index (χ2v) is 6.44. The maximum absolute atomic E-state index is 11.6. The van der Waals surface area contributed by atoms with Gasteiger partial charge >= 0.3 is 0 Å². The maximum Gasteiger partial charge on any atom is 0.216 e. The van der Waals surface area contributed by atoms with Gasteiger partial charge in [0.25, 0.3) is 0 Å². The monoisotopic (exact) mass is 237 g/mol. The minimum Gasteiger partial charge on any atom is -0.395 e. The maximum atomic E-state index is 11.6. The molecule has 3 unspecified atom stereocenters. The normalized spacial score (nSPS) is 18.5. The first-order chi connectivity index (χ1) is 6.83. The molecular weight excluding hydrogens is 214 g/mol. The summed E-state index contributed by atoms with van der Waals surface area (Å²) in [5.74, 6) is 0.507. The standard InChI is InChI=1S/C10H23NO3S/c1-5-8(2)6-9(3)11-15(13,14)10(4)7-12/h8-12H,5-7H2,1-4H3. The van der Waals surface area contributed by atoms with Gasteiger partial charge in [0.15, 0.2) is 0 Å². The van der Waals surface area contributed by atoms with Gasteiger partial charge in [0.05, 0.1) is 11.9 Å². The SMILES string of the molecule is CCC(C)CC(C)NS(=O)(=O)C(C)CO. The van der Waals surface area contributed by atoms with Crippen LogP contribution in [-0.4, -0.2) is 31.4 Å². The summed E-state index contributed by atoms with van der Waals surface area (Å²) in [5, 5.41) is 8.05. The summed E-state index contributed by atoms with van der Waals surface area (Å²) >= 11 is 0. The Bertz CT molecular complexity index is 264. The quantitative estimate of drug-likeness (QED) is 0.697. The van der Waals surface area contributed by atoms with E-state index in [9.17, 15) is 8.42 Å². The second kappa shape index (κ2) is 6.45. The molecule has 0 aliphatic carbocycles. The predicted molar refractivity (Wildman–Crippen MR) is 62.1 cm³/mol. The van der Waals surface area contributed by atoms with Crippen molar-refractivity contribution in [3.05, 3.63) is 0 Å². The molecule has 0 spiro atoms. The van der Waals surface area contributed by atoms with Crippen molar-refractivity contribution < 1.29 is 13.5 Å². The number of rotatable bonds is 7. The molecule has 0 saturated heterocycles. The Hall–Kier alpha value is -0.130. The van der Waals surface area contributed by atoms with Gasteiger partial charge in [-0.1, -0.05) is 20.3 Å². The highest BCUT2D eigenvalue weighted by atomic mass is 32.2. The fourth-order valence-corrected chi connectivity index (χ4v) is 2.40. The molecule has 3 atom stereocenters. The summed E-state index contributed by atoms with van der Waals surface area (Å²) in [4.78, 5) is 0. The molecule has 0 rings (SSSR count). The first-order valence-corrected chi connectivity index (χ1v) is 7.00. The van der Waals surface area contributed by atoms with Crippen LogP contribution in [0.25, 0.3) is 0 Å². The molecular formula is C10H23NO3S. The summed E-state index contributed by atoms with van der Waals surface area (Å²) in [6.07, 6.45) is 1.87. The summed E-state index contributed by atoms with van der Waals surface area (Å²) in [5.41, 5.74) is 0. The van der Waals surface area contributed by atoms with Crippen LogP contribution in [0.3, 0.4) is 0 Å². The van der Waals surface area contributed by atoms with Crippen LogP contribution >= 0.6 is 0 Å². The molecule has 0 aliphatic rings. The van der Waals surface area contributed by atoms with E-state index in [4.69, 9.17) is 5.11 Å². The summed E-state index contributed by atoms with van der Waals surface area (Å²) in [6.45, 7) is 7.19. The van der Waals surface area contributed by atoms with Gasteiger partial charge in [-0.25, -0.2) is 13.1 Å². The predicted octanol–water partition coefficient (Wildman–Crippen LogP) is 1.11. The van der Waals surface area contributed by atoms with Gasteiger partial charge in [-0.15, -0.1) is 0 Å². The summed E-state index contributed by atoms with van der Waals surface area (Å²) < 4.78 is 25.7. The number of hydrogen-bond donors (Lipinski definition) is 2. The molecule has 0 aromatic carbocycles. The molecule has 0 fully saturated rings. The van der Waals surface area contributed by atoms with E-state index in [1.54, 1.807) is 0 Å². The number of hydrogen-bond acceptors (Lipinski definition) is 3. The van der Waals surface area contributed by atoms with Crippen molar-refractivity contribution in [2.24, 2.45) is 5.92 Å². The smallest absolute Gasteiger partial charge is 0.216 e. The van der Waals surface area contributed by atoms with Crippen molar-refractivity contribution in [3.8, 4) is 0 Å². The van der Waals surface area contributed by atoms with Crippen LogP contribution in [0.2, 0.25) is 0 Å². The molecule has 0 aromatic rings. The highest BCUT2D eigenvalue weighted by molar-refractivity contribution is 7.90. The number of sulfonamides is 1. The average Bonchev–Trinajstić information content (AvgIpc) is 2.15. The highest BCUT2D eigenvalue weighted by Crippen LogP contribution is 2.11. The van der Waals surface area contributed by atoms with Crippen LogP contribution in [0.15, 0.2) is 0 Å². The van der Waals surface area contributed by atoms with Crippen molar-refractivity contribution in [2.75, 3.05) is 6.61 Å². The van der Waals surface area contributed by atoms with Crippen molar-refractivity contribution in [1.29, 1.82) is 0 Å². The Morgan fingerprint density at radius 2 is 1.80 bits per heavy atom. The topological polar surface area (TPSA) is 66.4 Å². The van der Waals surface area contributed by atoms with E-state index in [-0.39, 0.29) is 12.6 Å². The van der Waals surface area contributed by atoms with E-state index in [2.05, 4.69) is 18.6 Å². The lowest BCUT2D eigenvalue weighted by Crippen LogP contribution is -2.40. The third kappa shape index (κ3) is 5.49. The molecule has 0 saturated carbocycles. The van der Waals surface area contributed by atoms with Crippen LogP contribution in [-0.2, 0) is 10.0 Å². The van der Waals surface area contributed by atoms with Crippen LogP contribution in [0.5, 0.6) is 0 Å². The van der Waals surface area contributed by atoms with Gasteiger partial charge in [0, 0.05) is 6.04 Å². The molecule has 0 bridgehead atoms. The molecule has 92 valence electrons. The molecule has 0 aliphatic heterocycles. The first kappa shape index (κ1) is 14.9. The van der Waals surface area contributed by atoms with Crippen molar-refractivity contribution in [3.63, 3.8) is 0 Å². The van der Waals surface area contributed by atoms with Crippen LogP contribution in [0.4, 0.5) is 0 Å². The number of aliphatic hydroxyl groups is 1. The minimum absolute atomic E-state index is 0.0704. The Labute approximate surface area is 93.1 Å². The fraction of sp³-hybridized carbons (Fsp3) is 1.00. The lowest BCUT2D eigenvalue weighted by molar-refractivity contribution is 0.294. The second-order valence-electron chi connectivity index (χ2n) is 4.31. The molecule has 5 heteroatoms. The third-order valence-corrected chi connectivity index (χ3v) is 4.54. The molecule has 15 heavy (non-hydrogen) atoms.